The number of hydrogen-bond donors (Lipinski definition) is 2. The molecule has 0 unspecified atom stereocenters. The number of benzene rings is 2. The molecule has 0 aliphatic rings. The predicted molar refractivity (Wildman–Crippen MR) is 89.9 cm³/mol. The summed E-state index contributed by atoms with van der Waals surface area (Å²) in [5, 5.41) is 5.88. The highest BCUT2D eigenvalue weighted by atomic mass is 35.5. The molecular weight excluding hydrogens is 316 g/mol. The molecule has 2 N–H and O–H groups in total. The summed E-state index contributed by atoms with van der Waals surface area (Å²) >= 11 is 6.01. The minimum Gasteiger partial charge on any atom is -0.496 e. The SMILES string of the molecule is COc1ccc(NC(C)=O)cc1CNC(=O)c1ccccc1Cl. The van der Waals surface area contributed by atoms with Crippen LogP contribution in [-0.2, 0) is 11.3 Å². The third-order valence-corrected chi connectivity index (χ3v) is 3.49. The summed E-state index contributed by atoms with van der Waals surface area (Å²) < 4.78 is 5.28. The molecule has 0 fully saturated rings. The fourth-order valence-electron chi connectivity index (χ4n) is 2.11. The van der Waals surface area contributed by atoms with E-state index < -0.39 is 0 Å². The third-order valence-electron chi connectivity index (χ3n) is 3.16. The van der Waals surface area contributed by atoms with Gasteiger partial charge in [0, 0.05) is 24.7 Å². The number of carbonyl (C=O) groups excluding carboxylic acids is 2. The van der Waals surface area contributed by atoms with E-state index in [1.807, 2.05) is 0 Å². The monoisotopic (exact) mass is 332 g/mol. The van der Waals surface area contributed by atoms with E-state index >= 15 is 0 Å². The van der Waals surface area contributed by atoms with Crippen molar-refractivity contribution in [3.63, 3.8) is 0 Å². The molecule has 0 bridgehead atoms. The van der Waals surface area contributed by atoms with E-state index in [9.17, 15) is 9.59 Å². The van der Waals surface area contributed by atoms with Crippen molar-refractivity contribution in [1.29, 1.82) is 0 Å². The van der Waals surface area contributed by atoms with Gasteiger partial charge in [-0.3, -0.25) is 9.59 Å². The molecule has 2 aromatic rings. The highest BCUT2D eigenvalue weighted by Gasteiger charge is 2.11. The molecule has 0 aliphatic carbocycles. The van der Waals surface area contributed by atoms with Gasteiger partial charge in [0.05, 0.1) is 17.7 Å². The fraction of sp³-hybridized carbons (Fsp3) is 0.176. The summed E-state index contributed by atoms with van der Waals surface area (Å²) in [5.41, 5.74) is 1.80. The van der Waals surface area contributed by atoms with Crippen LogP contribution in [0, 0.1) is 0 Å². The Kier molecular flexibility index (Phi) is 5.60. The van der Waals surface area contributed by atoms with Crippen LogP contribution in [-0.4, -0.2) is 18.9 Å². The van der Waals surface area contributed by atoms with E-state index in [0.717, 1.165) is 5.56 Å². The van der Waals surface area contributed by atoms with Gasteiger partial charge in [-0.05, 0) is 30.3 Å². The Labute approximate surface area is 139 Å². The first-order valence-electron chi connectivity index (χ1n) is 6.98. The number of ether oxygens (including phenoxy) is 1. The standard InChI is InChI=1S/C17H17ClN2O3/c1-11(21)20-13-7-8-16(23-2)12(9-13)10-19-17(22)14-5-3-4-6-15(14)18/h3-9H,10H2,1-2H3,(H,19,22)(H,20,21). The predicted octanol–water partition coefficient (Wildman–Crippen LogP) is 3.24. The van der Waals surface area contributed by atoms with E-state index in [0.29, 0.717) is 22.0 Å². The minimum absolute atomic E-state index is 0.166. The number of carbonyl (C=O) groups is 2. The zero-order valence-corrected chi connectivity index (χ0v) is 13.6. The molecular formula is C17H17ClN2O3. The maximum Gasteiger partial charge on any atom is 0.253 e. The molecule has 0 saturated heterocycles. The highest BCUT2D eigenvalue weighted by molar-refractivity contribution is 6.33. The van der Waals surface area contributed by atoms with Crippen LogP contribution in [0.3, 0.4) is 0 Å². The molecule has 23 heavy (non-hydrogen) atoms. The average Bonchev–Trinajstić information content (AvgIpc) is 2.52. The zero-order valence-electron chi connectivity index (χ0n) is 12.9. The van der Waals surface area contributed by atoms with Gasteiger partial charge in [0.2, 0.25) is 5.91 Å². The summed E-state index contributed by atoms with van der Waals surface area (Å²) in [6.07, 6.45) is 0. The lowest BCUT2D eigenvalue weighted by atomic mass is 10.1. The Balaban J connectivity index is 2.14. The summed E-state index contributed by atoms with van der Waals surface area (Å²) in [4.78, 5) is 23.3. The first-order chi connectivity index (χ1) is 11.0. The lowest BCUT2D eigenvalue weighted by molar-refractivity contribution is -0.114. The highest BCUT2D eigenvalue weighted by Crippen LogP contribution is 2.23. The summed E-state index contributed by atoms with van der Waals surface area (Å²) in [6.45, 7) is 1.68. The largest absolute Gasteiger partial charge is 0.496 e. The molecule has 0 aromatic heterocycles. The lowest BCUT2D eigenvalue weighted by Gasteiger charge is -2.12. The summed E-state index contributed by atoms with van der Waals surface area (Å²) in [6, 6.07) is 12.1. The van der Waals surface area contributed by atoms with E-state index in [4.69, 9.17) is 16.3 Å². The van der Waals surface area contributed by atoms with Crippen molar-refractivity contribution in [2.75, 3.05) is 12.4 Å². The molecule has 2 aromatic carbocycles. The Morgan fingerprint density at radius 1 is 1.17 bits per heavy atom. The van der Waals surface area contributed by atoms with Gasteiger partial charge >= 0.3 is 0 Å². The fourth-order valence-corrected chi connectivity index (χ4v) is 2.34. The van der Waals surface area contributed by atoms with Crippen molar-refractivity contribution in [3.8, 4) is 5.75 Å². The Hall–Kier alpha value is -2.53. The van der Waals surface area contributed by atoms with Gasteiger partial charge in [-0.2, -0.15) is 0 Å². The second-order valence-electron chi connectivity index (χ2n) is 4.87. The maximum absolute atomic E-state index is 12.2. The molecule has 6 heteroatoms. The van der Waals surface area contributed by atoms with Crippen LogP contribution in [0.4, 0.5) is 5.69 Å². The van der Waals surface area contributed by atoms with E-state index in [-0.39, 0.29) is 18.4 Å². The smallest absolute Gasteiger partial charge is 0.253 e. The number of halogens is 1. The zero-order chi connectivity index (χ0) is 16.8. The molecule has 0 radical (unpaired) electrons. The van der Waals surface area contributed by atoms with Gasteiger partial charge in [0.1, 0.15) is 5.75 Å². The number of anilines is 1. The quantitative estimate of drug-likeness (QED) is 0.883. The van der Waals surface area contributed by atoms with E-state index in [1.54, 1.807) is 49.6 Å². The number of amides is 2. The summed E-state index contributed by atoms with van der Waals surface area (Å²) in [7, 11) is 1.55. The molecule has 0 heterocycles. The summed E-state index contributed by atoms with van der Waals surface area (Å²) in [5.74, 6) is 0.183. The molecule has 5 nitrogen and oxygen atoms in total. The number of nitrogens with one attached hydrogen (secondary N) is 2. The van der Waals surface area contributed by atoms with Crippen molar-refractivity contribution in [1.82, 2.24) is 5.32 Å². The number of hydrogen-bond acceptors (Lipinski definition) is 3. The van der Waals surface area contributed by atoms with Crippen molar-refractivity contribution < 1.29 is 14.3 Å². The van der Waals surface area contributed by atoms with Gasteiger partial charge in [0.25, 0.3) is 5.91 Å². The Bertz CT molecular complexity index is 732. The number of rotatable bonds is 5. The first kappa shape index (κ1) is 16.8. The molecule has 0 spiro atoms. The van der Waals surface area contributed by atoms with Crippen molar-refractivity contribution in [2.45, 2.75) is 13.5 Å². The first-order valence-corrected chi connectivity index (χ1v) is 7.36. The van der Waals surface area contributed by atoms with Crippen molar-refractivity contribution in [3.05, 3.63) is 58.6 Å². The second-order valence-corrected chi connectivity index (χ2v) is 5.28. The van der Waals surface area contributed by atoms with Gasteiger partial charge in [-0.25, -0.2) is 0 Å². The molecule has 2 amide bonds. The van der Waals surface area contributed by atoms with Crippen LogP contribution in [0.1, 0.15) is 22.8 Å². The van der Waals surface area contributed by atoms with Crippen LogP contribution in [0.25, 0.3) is 0 Å². The van der Waals surface area contributed by atoms with E-state index in [2.05, 4.69) is 10.6 Å². The Morgan fingerprint density at radius 2 is 1.91 bits per heavy atom. The average molecular weight is 333 g/mol. The van der Waals surface area contributed by atoms with Crippen LogP contribution in [0.2, 0.25) is 5.02 Å². The van der Waals surface area contributed by atoms with Crippen LogP contribution in [0.5, 0.6) is 5.75 Å². The molecule has 0 aliphatic heterocycles. The second kappa shape index (κ2) is 7.65. The van der Waals surface area contributed by atoms with Crippen molar-refractivity contribution >= 4 is 29.1 Å². The topological polar surface area (TPSA) is 67.4 Å². The van der Waals surface area contributed by atoms with Gasteiger partial charge in [-0.15, -0.1) is 0 Å². The van der Waals surface area contributed by atoms with Crippen molar-refractivity contribution in [2.24, 2.45) is 0 Å². The molecule has 0 saturated carbocycles. The lowest BCUT2D eigenvalue weighted by Crippen LogP contribution is -2.23. The van der Waals surface area contributed by atoms with Crippen LogP contribution >= 0.6 is 11.6 Å². The maximum atomic E-state index is 12.2. The van der Waals surface area contributed by atoms with E-state index in [1.165, 1.54) is 6.92 Å². The molecule has 2 rings (SSSR count). The molecule has 0 atom stereocenters. The van der Waals surface area contributed by atoms with Gasteiger partial charge in [-0.1, -0.05) is 23.7 Å². The Morgan fingerprint density at radius 3 is 2.57 bits per heavy atom. The molecule has 120 valence electrons. The number of methoxy groups -OCH3 is 1. The minimum atomic E-state index is -0.275. The normalized spacial score (nSPS) is 10.0. The van der Waals surface area contributed by atoms with Gasteiger partial charge in [0.15, 0.2) is 0 Å². The van der Waals surface area contributed by atoms with Crippen LogP contribution < -0.4 is 15.4 Å². The van der Waals surface area contributed by atoms with Crippen LogP contribution in [0.15, 0.2) is 42.5 Å². The van der Waals surface area contributed by atoms with Gasteiger partial charge < -0.3 is 15.4 Å². The third kappa shape index (κ3) is 4.47.